The van der Waals surface area contributed by atoms with E-state index in [4.69, 9.17) is 11.6 Å². The molecule has 2 aromatic carbocycles. The Balaban J connectivity index is 2.51. The highest BCUT2D eigenvalue weighted by atomic mass is 35.5. The third-order valence-electron chi connectivity index (χ3n) is 4.46. The number of aryl methyl sites for hydroxylation is 2. The average molecular weight is 457 g/mol. The van der Waals surface area contributed by atoms with E-state index in [1.54, 1.807) is 13.1 Å². The Morgan fingerprint density at radius 3 is 1.87 bits per heavy atom. The number of hydrogen-bond donors (Lipinski definition) is 2. The average Bonchev–Trinajstić information content (AvgIpc) is 2.61. The van der Waals surface area contributed by atoms with Gasteiger partial charge in [0, 0.05) is 18.3 Å². The molecule has 164 valence electrons. The Morgan fingerprint density at radius 1 is 0.933 bits per heavy atom. The first-order valence-electron chi connectivity index (χ1n) is 8.36. The number of carbonyl (C=O) groups is 1. The Labute approximate surface area is 172 Å². The topological polar surface area (TPSA) is 41.1 Å². The fraction of sp³-hybridized carbons (Fsp3) is 0.316. The Morgan fingerprint density at radius 2 is 1.43 bits per heavy atom. The number of hydrogen-bond acceptors (Lipinski definition) is 2. The molecule has 2 N–H and O–H groups in total. The first kappa shape index (κ1) is 23.8. The number of anilines is 2. The number of halogens is 8. The Kier molecular flexibility index (Phi) is 6.32. The molecule has 0 aromatic heterocycles. The molecule has 11 heteroatoms. The predicted octanol–water partition coefficient (Wildman–Crippen LogP) is 6.54. The second kappa shape index (κ2) is 7.98. The van der Waals surface area contributed by atoms with Crippen molar-refractivity contribution in [3.8, 4) is 0 Å². The van der Waals surface area contributed by atoms with Crippen molar-refractivity contribution in [3.63, 3.8) is 0 Å². The molecule has 1 amide bonds. The van der Waals surface area contributed by atoms with Gasteiger partial charge in [-0.25, -0.2) is 4.39 Å². The van der Waals surface area contributed by atoms with E-state index >= 15 is 0 Å². The molecule has 2 aromatic rings. The molecule has 0 fully saturated rings. The smallest absolute Gasteiger partial charge is 0.387 e. The van der Waals surface area contributed by atoms with Gasteiger partial charge in [0.15, 0.2) is 0 Å². The third-order valence-corrected chi connectivity index (χ3v) is 4.87. The van der Waals surface area contributed by atoms with Crippen LogP contribution in [0.2, 0.25) is 5.02 Å². The van der Waals surface area contributed by atoms with Crippen LogP contribution in [0.1, 0.15) is 27.0 Å². The largest absolute Gasteiger partial charge is 0.435 e. The van der Waals surface area contributed by atoms with Gasteiger partial charge in [-0.2, -0.15) is 26.3 Å². The van der Waals surface area contributed by atoms with E-state index in [-0.39, 0.29) is 27.4 Å². The Hall–Kier alpha value is -2.49. The van der Waals surface area contributed by atoms with Crippen molar-refractivity contribution in [2.24, 2.45) is 0 Å². The molecule has 0 radical (unpaired) electrons. The summed E-state index contributed by atoms with van der Waals surface area (Å²) in [6.07, 6.45) is -12.5. The summed E-state index contributed by atoms with van der Waals surface area (Å²) >= 11 is 6.11. The zero-order valence-electron chi connectivity index (χ0n) is 15.8. The summed E-state index contributed by atoms with van der Waals surface area (Å²) in [5.41, 5.74) is -7.14. The minimum absolute atomic E-state index is 0.0248. The van der Waals surface area contributed by atoms with E-state index in [2.05, 4.69) is 10.6 Å². The number of benzene rings is 2. The molecule has 0 heterocycles. The second-order valence-electron chi connectivity index (χ2n) is 6.51. The summed E-state index contributed by atoms with van der Waals surface area (Å²) in [4.78, 5) is 12.6. The first-order chi connectivity index (χ1) is 13.6. The fourth-order valence-corrected chi connectivity index (χ4v) is 3.24. The van der Waals surface area contributed by atoms with Gasteiger partial charge in [-0.1, -0.05) is 29.8 Å². The van der Waals surface area contributed by atoms with Crippen molar-refractivity contribution in [1.82, 2.24) is 0 Å². The molecule has 0 atom stereocenters. The number of alkyl halides is 7. The molecule has 0 unspecified atom stereocenters. The van der Waals surface area contributed by atoms with Crippen LogP contribution in [-0.2, 0) is 5.67 Å². The van der Waals surface area contributed by atoms with Gasteiger partial charge in [0.25, 0.3) is 5.91 Å². The zero-order chi connectivity index (χ0) is 23.1. The summed E-state index contributed by atoms with van der Waals surface area (Å²) in [6.45, 7) is 2.32. The molecule has 0 bridgehead atoms. The SMILES string of the molecule is CNc1cccc(C(=O)Nc2c(C)cc(C(F)(C(F)(F)F)C(F)(F)F)cc2C)c1Cl. The van der Waals surface area contributed by atoms with Crippen molar-refractivity contribution >= 4 is 28.9 Å². The standard InChI is InChI=1S/C19H16ClF7N2O/c1-9-7-11(17(21,18(22,23)24)19(25,26)27)8-10(2)15(9)29-16(30)12-5-4-6-13(28-3)14(12)20/h4-8,28H,1-3H3,(H,29,30). The molecule has 3 nitrogen and oxygen atoms in total. The lowest BCUT2D eigenvalue weighted by Gasteiger charge is -2.31. The van der Waals surface area contributed by atoms with Gasteiger partial charge < -0.3 is 10.6 Å². The van der Waals surface area contributed by atoms with Crippen molar-refractivity contribution in [3.05, 3.63) is 57.6 Å². The molecule has 0 saturated heterocycles. The highest BCUT2D eigenvalue weighted by Gasteiger charge is 2.73. The van der Waals surface area contributed by atoms with Crippen LogP contribution < -0.4 is 10.6 Å². The minimum Gasteiger partial charge on any atom is -0.387 e. The highest BCUT2D eigenvalue weighted by molar-refractivity contribution is 6.37. The van der Waals surface area contributed by atoms with E-state index < -0.39 is 29.5 Å². The number of amides is 1. The van der Waals surface area contributed by atoms with Gasteiger partial charge in [-0.05, 0) is 37.1 Å². The molecule has 30 heavy (non-hydrogen) atoms. The molecule has 0 spiro atoms. The lowest BCUT2D eigenvalue weighted by Crippen LogP contribution is -2.50. The quantitative estimate of drug-likeness (QED) is 0.513. The van der Waals surface area contributed by atoms with Crippen molar-refractivity contribution in [2.45, 2.75) is 31.9 Å². The van der Waals surface area contributed by atoms with Gasteiger partial charge in [-0.15, -0.1) is 0 Å². The maximum atomic E-state index is 14.3. The van der Waals surface area contributed by atoms with Crippen LogP contribution in [0.3, 0.4) is 0 Å². The van der Waals surface area contributed by atoms with E-state index in [1.807, 2.05) is 0 Å². The summed E-state index contributed by atoms with van der Waals surface area (Å²) in [6, 6.07) is 5.33. The van der Waals surface area contributed by atoms with Crippen LogP contribution in [-0.4, -0.2) is 25.3 Å². The molecular weight excluding hydrogens is 441 g/mol. The normalized spacial score (nSPS) is 12.6. The van der Waals surface area contributed by atoms with Gasteiger partial charge in [0.05, 0.1) is 16.3 Å². The predicted molar refractivity (Wildman–Crippen MR) is 99.8 cm³/mol. The van der Waals surface area contributed by atoms with Crippen LogP contribution in [0.25, 0.3) is 0 Å². The second-order valence-corrected chi connectivity index (χ2v) is 6.89. The maximum absolute atomic E-state index is 14.3. The number of rotatable bonds is 4. The van der Waals surface area contributed by atoms with Gasteiger partial charge in [-0.3, -0.25) is 4.79 Å². The van der Waals surface area contributed by atoms with E-state index in [1.165, 1.54) is 12.1 Å². The van der Waals surface area contributed by atoms with Crippen LogP contribution in [0.5, 0.6) is 0 Å². The van der Waals surface area contributed by atoms with Gasteiger partial charge in [0.2, 0.25) is 0 Å². The lowest BCUT2D eigenvalue weighted by molar-refractivity contribution is -0.348. The number of carbonyl (C=O) groups excluding carboxylic acids is 1. The molecule has 0 aliphatic rings. The first-order valence-corrected chi connectivity index (χ1v) is 8.74. The molecule has 0 saturated carbocycles. The van der Waals surface area contributed by atoms with Crippen molar-refractivity contribution in [2.75, 3.05) is 17.7 Å². The van der Waals surface area contributed by atoms with E-state index in [0.717, 1.165) is 13.8 Å². The molecule has 2 rings (SSSR count). The van der Waals surface area contributed by atoms with Crippen LogP contribution in [0.4, 0.5) is 42.1 Å². The molecule has 0 aliphatic carbocycles. The zero-order valence-corrected chi connectivity index (χ0v) is 16.6. The lowest BCUT2D eigenvalue weighted by atomic mass is 9.90. The third kappa shape index (κ3) is 4.05. The monoisotopic (exact) mass is 456 g/mol. The minimum atomic E-state index is -6.23. The van der Waals surface area contributed by atoms with Gasteiger partial charge >= 0.3 is 18.0 Å². The Bertz CT molecular complexity index is 933. The van der Waals surface area contributed by atoms with Crippen LogP contribution >= 0.6 is 11.6 Å². The fourth-order valence-electron chi connectivity index (χ4n) is 2.93. The van der Waals surface area contributed by atoms with Crippen molar-refractivity contribution < 1.29 is 35.5 Å². The number of nitrogens with one attached hydrogen (secondary N) is 2. The summed E-state index contributed by atoms with van der Waals surface area (Å²) in [7, 11) is 1.57. The maximum Gasteiger partial charge on any atom is 0.435 e. The summed E-state index contributed by atoms with van der Waals surface area (Å²) < 4.78 is 92.4. The van der Waals surface area contributed by atoms with Crippen LogP contribution in [0.15, 0.2) is 30.3 Å². The van der Waals surface area contributed by atoms with Crippen molar-refractivity contribution in [1.29, 1.82) is 0 Å². The van der Waals surface area contributed by atoms with Crippen LogP contribution in [0, 0.1) is 13.8 Å². The summed E-state index contributed by atoms with van der Waals surface area (Å²) in [5, 5.41) is 5.24. The highest BCUT2D eigenvalue weighted by Crippen LogP contribution is 2.53. The molecule has 0 aliphatic heterocycles. The van der Waals surface area contributed by atoms with E-state index in [9.17, 15) is 35.5 Å². The van der Waals surface area contributed by atoms with E-state index in [0.29, 0.717) is 17.8 Å². The summed E-state index contributed by atoms with van der Waals surface area (Å²) in [5.74, 6) is -0.741. The molecular formula is C19H16ClF7N2O. The van der Waals surface area contributed by atoms with Gasteiger partial charge in [0.1, 0.15) is 0 Å².